The Kier molecular flexibility index (Phi) is 3.93. The molecule has 3 heteroatoms. The van der Waals surface area contributed by atoms with Gasteiger partial charge in [0.15, 0.2) is 0 Å². The zero-order valence-electron chi connectivity index (χ0n) is 12.6. The maximum atomic E-state index is 3.47. The Balaban J connectivity index is 1.63. The Bertz CT molecular complexity index is 711. The summed E-state index contributed by atoms with van der Waals surface area (Å²) in [6.07, 6.45) is 1.98. The van der Waals surface area contributed by atoms with Crippen molar-refractivity contribution in [2.75, 3.05) is 19.4 Å². The smallest absolute Gasteiger partial charge is 0.0454 e. The summed E-state index contributed by atoms with van der Waals surface area (Å²) >= 11 is 0. The predicted octanol–water partition coefficient (Wildman–Crippen LogP) is 3.84. The van der Waals surface area contributed by atoms with Gasteiger partial charge in [-0.25, -0.2) is 0 Å². The van der Waals surface area contributed by atoms with Crippen molar-refractivity contribution in [2.45, 2.75) is 13.1 Å². The average Bonchev–Trinajstić information content (AvgIpc) is 2.93. The van der Waals surface area contributed by atoms with Gasteiger partial charge in [0.1, 0.15) is 0 Å². The number of nitrogens with zero attached hydrogens (tertiary/aromatic N) is 1. The Hall–Kier alpha value is -2.26. The van der Waals surface area contributed by atoms with E-state index in [1.165, 1.54) is 22.0 Å². The molecule has 3 rings (SSSR count). The standard InChI is InChI=1S/C18H21N3/c1-21(2)13-14-3-6-17(7-4-14)20-12-15-5-8-18-16(11-15)9-10-19-18/h3-11,19-20H,12-13H2,1-2H3. The van der Waals surface area contributed by atoms with E-state index in [9.17, 15) is 0 Å². The summed E-state index contributed by atoms with van der Waals surface area (Å²) in [6.45, 7) is 1.82. The van der Waals surface area contributed by atoms with E-state index in [2.05, 4.69) is 77.8 Å². The molecule has 1 heterocycles. The largest absolute Gasteiger partial charge is 0.381 e. The number of fused-ring (bicyclic) bond motifs is 1. The van der Waals surface area contributed by atoms with Crippen LogP contribution in [0, 0.1) is 0 Å². The number of hydrogen-bond acceptors (Lipinski definition) is 2. The lowest BCUT2D eigenvalue weighted by molar-refractivity contribution is 0.402. The average molecular weight is 279 g/mol. The van der Waals surface area contributed by atoms with Crippen molar-refractivity contribution in [3.05, 3.63) is 65.9 Å². The molecular formula is C18H21N3. The third kappa shape index (κ3) is 3.44. The molecule has 0 unspecified atom stereocenters. The van der Waals surface area contributed by atoms with Crippen LogP contribution in [0.25, 0.3) is 10.9 Å². The summed E-state index contributed by atoms with van der Waals surface area (Å²) in [5.41, 5.74) is 4.97. The molecule has 0 aliphatic heterocycles. The van der Waals surface area contributed by atoms with Crippen LogP contribution >= 0.6 is 0 Å². The lowest BCUT2D eigenvalue weighted by Crippen LogP contribution is -2.10. The van der Waals surface area contributed by atoms with Gasteiger partial charge in [0, 0.05) is 30.5 Å². The molecule has 0 amide bonds. The van der Waals surface area contributed by atoms with Crippen molar-refractivity contribution >= 4 is 16.6 Å². The van der Waals surface area contributed by atoms with Crippen molar-refractivity contribution in [3.8, 4) is 0 Å². The first kappa shape index (κ1) is 13.7. The number of rotatable bonds is 5. The van der Waals surface area contributed by atoms with E-state index < -0.39 is 0 Å². The maximum absolute atomic E-state index is 3.47. The zero-order chi connectivity index (χ0) is 14.7. The molecule has 0 aliphatic carbocycles. The number of benzene rings is 2. The van der Waals surface area contributed by atoms with Crippen LogP contribution in [0.15, 0.2) is 54.7 Å². The molecule has 0 atom stereocenters. The summed E-state index contributed by atoms with van der Waals surface area (Å²) < 4.78 is 0. The van der Waals surface area contributed by atoms with Gasteiger partial charge >= 0.3 is 0 Å². The normalized spacial score (nSPS) is 11.2. The minimum atomic E-state index is 0.841. The summed E-state index contributed by atoms with van der Waals surface area (Å²) in [5.74, 6) is 0. The highest BCUT2D eigenvalue weighted by Crippen LogP contribution is 2.16. The van der Waals surface area contributed by atoms with Crippen LogP contribution in [0.5, 0.6) is 0 Å². The zero-order valence-corrected chi connectivity index (χ0v) is 12.6. The van der Waals surface area contributed by atoms with E-state index >= 15 is 0 Å². The fourth-order valence-corrected chi connectivity index (χ4v) is 2.51. The van der Waals surface area contributed by atoms with Gasteiger partial charge in [-0.3, -0.25) is 0 Å². The second-order valence-electron chi connectivity index (χ2n) is 5.69. The Labute approximate surface area is 125 Å². The monoisotopic (exact) mass is 279 g/mol. The minimum Gasteiger partial charge on any atom is -0.381 e. The molecule has 1 aromatic heterocycles. The third-order valence-corrected chi connectivity index (χ3v) is 3.57. The van der Waals surface area contributed by atoms with Crippen LogP contribution in [0.2, 0.25) is 0 Å². The molecule has 0 saturated heterocycles. The topological polar surface area (TPSA) is 31.1 Å². The first-order valence-electron chi connectivity index (χ1n) is 7.24. The minimum absolute atomic E-state index is 0.841. The third-order valence-electron chi connectivity index (χ3n) is 3.57. The number of nitrogens with one attached hydrogen (secondary N) is 2. The van der Waals surface area contributed by atoms with Gasteiger partial charge in [0.05, 0.1) is 0 Å². The number of anilines is 1. The van der Waals surface area contributed by atoms with Crippen LogP contribution < -0.4 is 5.32 Å². The molecule has 3 aromatic rings. The van der Waals surface area contributed by atoms with Crippen molar-refractivity contribution in [1.29, 1.82) is 0 Å². The number of aromatic nitrogens is 1. The molecule has 0 spiro atoms. The number of hydrogen-bond donors (Lipinski definition) is 2. The van der Waals surface area contributed by atoms with Crippen molar-refractivity contribution < 1.29 is 0 Å². The molecule has 0 aliphatic rings. The molecule has 2 N–H and O–H groups in total. The lowest BCUT2D eigenvalue weighted by Gasteiger charge is -2.11. The van der Waals surface area contributed by atoms with Crippen molar-refractivity contribution in [2.24, 2.45) is 0 Å². The number of H-pyrrole nitrogens is 1. The Morgan fingerprint density at radius 2 is 1.71 bits per heavy atom. The van der Waals surface area contributed by atoms with Gasteiger partial charge in [-0.2, -0.15) is 0 Å². The summed E-state index contributed by atoms with van der Waals surface area (Å²) in [6, 6.07) is 17.3. The number of aromatic amines is 1. The van der Waals surface area contributed by atoms with E-state index in [4.69, 9.17) is 0 Å². The first-order chi connectivity index (χ1) is 10.2. The van der Waals surface area contributed by atoms with Crippen LogP contribution in [-0.2, 0) is 13.1 Å². The van der Waals surface area contributed by atoms with E-state index in [0.29, 0.717) is 0 Å². The van der Waals surface area contributed by atoms with Crippen LogP contribution in [0.3, 0.4) is 0 Å². The van der Waals surface area contributed by atoms with Crippen molar-refractivity contribution in [3.63, 3.8) is 0 Å². The fourth-order valence-electron chi connectivity index (χ4n) is 2.51. The van der Waals surface area contributed by atoms with Gasteiger partial charge in [-0.15, -0.1) is 0 Å². The van der Waals surface area contributed by atoms with Crippen LogP contribution in [0.4, 0.5) is 5.69 Å². The molecule has 21 heavy (non-hydrogen) atoms. The van der Waals surface area contributed by atoms with E-state index in [-0.39, 0.29) is 0 Å². The molecule has 3 nitrogen and oxygen atoms in total. The van der Waals surface area contributed by atoms with E-state index in [0.717, 1.165) is 18.8 Å². The highest BCUT2D eigenvalue weighted by molar-refractivity contribution is 5.79. The SMILES string of the molecule is CN(C)Cc1ccc(NCc2ccc3[nH]ccc3c2)cc1. The maximum Gasteiger partial charge on any atom is 0.0454 e. The van der Waals surface area contributed by atoms with Gasteiger partial charge in [-0.05, 0) is 60.9 Å². The highest BCUT2D eigenvalue weighted by atomic mass is 15.0. The van der Waals surface area contributed by atoms with Gasteiger partial charge < -0.3 is 15.2 Å². The van der Waals surface area contributed by atoms with Gasteiger partial charge in [0.25, 0.3) is 0 Å². The summed E-state index contributed by atoms with van der Waals surface area (Å²) in [7, 11) is 4.17. The molecule has 2 aromatic carbocycles. The molecule has 0 fully saturated rings. The Morgan fingerprint density at radius 3 is 2.48 bits per heavy atom. The fraction of sp³-hybridized carbons (Fsp3) is 0.222. The van der Waals surface area contributed by atoms with Crippen LogP contribution in [-0.4, -0.2) is 24.0 Å². The quantitative estimate of drug-likeness (QED) is 0.743. The predicted molar refractivity (Wildman–Crippen MR) is 89.5 cm³/mol. The summed E-state index contributed by atoms with van der Waals surface area (Å²) in [4.78, 5) is 5.39. The van der Waals surface area contributed by atoms with E-state index in [1.807, 2.05) is 6.20 Å². The molecular weight excluding hydrogens is 258 g/mol. The van der Waals surface area contributed by atoms with Gasteiger partial charge in [0.2, 0.25) is 0 Å². The molecule has 0 radical (unpaired) electrons. The second kappa shape index (κ2) is 6.02. The first-order valence-corrected chi connectivity index (χ1v) is 7.24. The molecule has 0 bridgehead atoms. The molecule has 108 valence electrons. The molecule has 0 saturated carbocycles. The highest BCUT2D eigenvalue weighted by Gasteiger charge is 1.99. The summed E-state index contributed by atoms with van der Waals surface area (Å²) in [5, 5.41) is 4.73. The second-order valence-corrected chi connectivity index (χ2v) is 5.69. The Morgan fingerprint density at radius 1 is 0.952 bits per heavy atom. The van der Waals surface area contributed by atoms with Gasteiger partial charge in [-0.1, -0.05) is 18.2 Å². The van der Waals surface area contributed by atoms with E-state index in [1.54, 1.807) is 0 Å². The van der Waals surface area contributed by atoms with Crippen LogP contribution in [0.1, 0.15) is 11.1 Å². The van der Waals surface area contributed by atoms with Crippen molar-refractivity contribution in [1.82, 2.24) is 9.88 Å². The lowest BCUT2D eigenvalue weighted by atomic mass is 10.1.